The van der Waals surface area contributed by atoms with Crippen molar-refractivity contribution in [1.29, 1.82) is 0 Å². The van der Waals surface area contributed by atoms with Crippen LogP contribution in [0.5, 0.6) is 0 Å². The predicted octanol–water partition coefficient (Wildman–Crippen LogP) is 1.94. The number of rotatable bonds is 4. The topological polar surface area (TPSA) is 106 Å². The highest BCUT2D eigenvalue weighted by atomic mass is 16.5. The molecule has 4 heterocycles. The molecule has 2 aliphatic rings. The molecular weight excluding hydrogens is 370 g/mol. The summed E-state index contributed by atoms with van der Waals surface area (Å²) in [5.74, 6) is 0.762. The van der Waals surface area contributed by atoms with Crippen molar-refractivity contribution in [2.45, 2.75) is 38.5 Å². The minimum atomic E-state index is -0.221. The van der Waals surface area contributed by atoms with Gasteiger partial charge in [-0.25, -0.2) is 0 Å². The normalized spacial score (nSPS) is 23.8. The van der Waals surface area contributed by atoms with E-state index in [1.165, 1.54) is 6.20 Å². The molecule has 0 aromatic carbocycles. The Balaban J connectivity index is 1.82. The fourth-order valence-electron chi connectivity index (χ4n) is 3.85. The third-order valence-corrected chi connectivity index (χ3v) is 5.35. The molecule has 0 bridgehead atoms. The summed E-state index contributed by atoms with van der Waals surface area (Å²) in [6.07, 6.45) is 7.55. The quantitative estimate of drug-likeness (QED) is 0.764. The molecule has 0 amide bonds. The zero-order valence-electron chi connectivity index (χ0n) is 16.6. The largest absolute Gasteiger partial charge is 0.405 e. The summed E-state index contributed by atoms with van der Waals surface area (Å²) in [7, 11) is 0. The van der Waals surface area contributed by atoms with Crippen LogP contribution < -0.4 is 16.1 Å². The van der Waals surface area contributed by atoms with E-state index in [1.54, 1.807) is 24.4 Å². The number of aliphatic imine (C=N–C) groups is 1. The highest BCUT2D eigenvalue weighted by molar-refractivity contribution is 6.14. The Morgan fingerprint density at radius 3 is 3.07 bits per heavy atom. The third-order valence-electron chi connectivity index (χ3n) is 5.35. The van der Waals surface area contributed by atoms with E-state index in [0.29, 0.717) is 42.1 Å². The number of aromatic amines is 1. The van der Waals surface area contributed by atoms with Gasteiger partial charge in [0.1, 0.15) is 17.7 Å². The lowest BCUT2D eigenvalue weighted by atomic mass is 10.1. The second kappa shape index (κ2) is 8.75. The first kappa shape index (κ1) is 19.6. The van der Waals surface area contributed by atoms with Crippen LogP contribution in [0.3, 0.4) is 0 Å². The minimum Gasteiger partial charge on any atom is -0.405 e. The SMILES string of the molecule is C[C@@H]1COCCN1c1cc(=O)c2ccnc(C(C=CN)=NC3CCCCO3)c2[nH]1. The summed E-state index contributed by atoms with van der Waals surface area (Å²) >= 11 is 0. The molecular formula is C21H27N5O3. The van der Waals surface area contributed by atoms with Gasteiger partial charge in [0.15, 0.2) is 5.43 Å². The van der Waals surface area contributed by atoms with Crippen LogP contribution in [0.4, 0.5) is 5.82 Å². The lowest BCUT2D eigenvalue weighted by Crippen LogP contribution is -2.44. The molecule has 2 aliphatic heterocycles. The molecule has 2 atom stereocenters. The van der Waals surface area contributed by atoms with Gasteiger partial charge >= 0.3 is 0 Å². The number of allylic oxidation sites excluding steroid dienone is 1. The van der Waals surface area contributed by atoms with E-state index in [0.717, 1.165) is 31.6 Å². The van der Waals surface area contributed by atoms with Crippen LogP contribution in [0.25, 0.3) is 10.9 Å². The number of pyridine rings is 2. The molecule has 1 unspecified atom stereocenters. The van der Waals surface area contributed by atoms with E-state index in [9.17, 15) is 4.79 Å². The summed E-state index contributed by atoms with van der Waals surface area (Å²) < 4.78 is 11.3. The third kappa shape index (κ3) is 4.18. The molecule has 8 nitrogen and oxygen atoms in total. The van der Waals surface area contributed by atoms with Crippen LogP contribution in [-0.2, 0) is 9.47 Å². The van der Waals surface area contributed by atoms with Crippen molar-refractivity contribution in [1.82, 2.24) is 9.97 Å². The second-order valence-corrected chi connectivity index (χ2v) is 7.41. The molecule has 0 spiro atoms. The molecule has 4 rings (SSSR count). The first-order chi connectivity index (χ1) is 14.2. The van der Waals surface area contributed by atoms with Crippen LogP contribution in [0.15, 0.2) is 40.4 Å². The molecule has 8 heteroatoms. The van der Waals surface area contributed by atoms with Gasteiger partial charge in [0.2, 0.25) is 0 Å². The van der Waals surface area contributed by atoms with E-state index in [-0.39, 0.29) is 17.7 Å². The van der Waals surface area contributed by atoms with Gasteiger partial charge in [-0.2, -0.15) is 0 Å². The second-order valence-electron chi connectivity index (χ2n) is 7.41. The number of nitrogens with zero attached hydrogens (tertiary/aromatic N) is 3. The van der Waals surface area contributed by atoms with Gasteiger partial charge in [0.05, 0.1) is 30.5 Å². The highest BCUT2D eigenvalue weighted by Gasteiger charge is 2.22. The fourth-order valence-corrected chi connectivity index (χ4v) is 3.85. The zero-order chi connectivity index (χ0) is 20.2. The first-order valence-corrected chi connectivity index (χ1v) is 10.1. The van der Waals surface area contributed by atoms with Crippen molar-refractivity contribution in [2.75, 3.05) is 31.3 Å². The average Bonchev–Trinajstić information content (AvgIpc) is 2.74. The predicted molar refractivity (Wildman–Crippen MR) is 113 cm³/mol. The number of hydrogen-bond donors (Lipinski definition) is 2. The van der Waals surface area contributed by atoms with Gasteiger partial charge in [-0.3, -0.25) is 14.8 Å². The Bertz CT molecular complexity index is 978. The summed E-state index contributed by atoms with van der Waals surface area (Å²) in [5.41, 5.74) is 7.49. The number of aromatic nitrogens is 2. The molecule has 3 N–H and O–H groups in total. The van der Waals surface area contributed by atoms with Crippen molar-refractivity contribution in [2.24, 2.45) is 10.7 Å². The van der Waals surface area contributed by atoms with Crippen LogP contribution in [0, 0.1) is 0 Å². The Kier molecular flexibility index (Phi) is 5.92. The fraction of sp³-hybridized carbons (Fsp3) is 0.476. The number of hydrogen-bond acceptors (Lipinski definition) is 7. The summed E-state index contributed by atoms with van der Waals surface area (Å²) in [4.78, 5) is 27.7. The zero-order valence-corrected chi connectivity index (χ0v) is 16.6. The lowest BCUT2D eigenvalue weighted by Gasteiger charge is -2.34. The Labute approximate surface area is 169 Å². The highest BCUT2D eigenvalue weighted by Crippen LogP contribution is 2.22. The van der Waals surface area contributed by atoms with Crippen molar-refractivity contribution < 1.29 is 9.47 Å². The van der Waals surface area contributed by atoms with Gasteiger partial charge < -0.3 is 25.1 Å². The van der Waals surface area contributed by atoms with Crippen LogP contribution in [-0.4, -0.2) is 54.3 Å². The van der Waals surface area contributed by atoms with Crippen molar-refractivity contribution >= 4 is 22.4 Å². The number of H-pyrrole nitrogens is 1. The standard InChI is InChI=1S/C21H27N5O3/c1-14-13-28-11-9-26(14)18-12-17(27)15-6-8-23-21(20(15)25-18)16(5-7-22)24-19-4-2-3-10-29-19/h5-8,12,14,19H,2-4,9-11,13,22H2,1H3,(H,25,27)/t14-,19?/m1/s1. The van der Waals surface area contributed by atoms with Crippen molar-refractivity contribution in [3.8, 4) is 0 Å². The van der Waals surface area contributed by atoms with Gasteiger partial charge in [0.25, 0.3) is 0 Å². The molecule has 2 fully saturated rings. The Morgan fingerprint density at radius 1 is 1.41 bits per heavy atom. The number of ether oxygens (including phenoxy) is 2. The molecule has 0 saturated carbocycles. The number of anilines is 1. The van der Waals surface area contributed by atoms with E-state index >= 15 is 0 Å². The van der Waals surface area contributed by atoms with E-state index < -0.39 is 0 Å². The maximum absolute atomic E-state index is 12.9. The lowest BCUT2D eigenvalue weighted by molar-refractivity contribution is 0.0224. The van der Waals surface area contributed by atoms with Crippen molar-refractivity contribution in [3.63, 3.8) is 0 Å². The molecule has 2 saturated heterocycles. The van der Waals surface area contributed by atoms with E-state index in [4.69, 9.17) is 20.2 Å². The van der Waals surface area contributed by atoms with Crippen LogP contribution in [0.1, 0.15) is 31.9 Å². The number of nitrogens with one attached hydrogen (secondary N) is 1. The van der Waals surface area contributed by atoms with Crippen molar-refractivity contribution in [3.05, 3.63) is 46.5 Å². The summed E-state index contributed by atoms with van der Waals surface area (Å²) in [6.45, 7) is 4.76. The van der Waals surface area contributed by atoms with Gasteiger partial charge in [-0.15, -0.1) is 0 Å². The molecule has 2 aromatic heterocycles. The van der Waals surface area contributed by atoms with E-state index in [2.05, 4.69) is 21.8 Å². The average molecular weight is 397 g/mol. The number of morpholine rings is 1. The van der Waals surface area contributed by atoms with Gasteiger partial charge in [-0.05, 0) is 44.5 Å². The maximum atomic E-state index is 12.9. The molecule has 0 radical (unpaired) electrons. The van der Waals surface area contributed by atoms with Crippen LogP contribution >= 0.6 is 0 Å². The van der Waals surface area contributed by atoms with E-state index in [1.807, 2.05) is 0 Å². The van der Waals surface area contributed by atoms with Gasteiger partial charge in [-0.1, -0.05) is 0 Å². The Morgan fingerprint density at radius 2 is 2.31 bits per heavy atom. The smallest absolute Gasteiger partial charge is 0.191 e. The minimum absolute atomic E-state index is 0.0545. The monoisotopic (exact) mass is 397 g/mol. The van der Waals surface area contributed by atoms with Gasteiger partial charge in [0, 0.05) is 30.8 Å². The molecule has 0 aliphatic carbocycles. The molecule has 2 aromatic rings. The maximum Gasteiger partial charge on any atom is 0.191 e. The summed E-state index contributed by atoms with van der Waals surface area (Å²) in [6, 6.07) is 3.54. The number of nitrogens with two attached hydrogens (primary N) is 1. The molecule has 29 heavy (non-hydrogen) atoms. The molecule has 154 valence electrons. The summed E-state index contributed by atoms with van der Waals surface area (Å²) in [5, 5.41) is 0.572. The first-order valence-electron chi connectivity index (χ1n) is 10.1. The van der Waals surface area contributed by atoms with Crippen LogP contribution in [0.2, 0.25) is 0 Å². The number of fused-ring (bicyclic) bond motifs is 1. The Hall–Kier alpha value is -2.71.